The Morgan fingerprint density at radius 3 is 2.41 bits per heavy atom. The molecule has 1 fully saturated rings. The zero-order valence-electron chi connectivity index (χ0n) is 17.2. The number of ether oxygens (including phenoxy) is 1. The van der Waals surface area contributed by atoms with Gasteiger partial charge in [0, 0.05) is 23.5 Å². The number of benzene rings is 2. The van der Waals surface area contributed by atoms with E-state index in [1.807, 2.05) is 12.1 Å². The van der Waals surface area contributed by atoms with Gasteiger partial charge in [-0.3, -0.25) is 19.3 Å². The van der Waals surface area contributed by atoms with E-state index in [9.17, 15) is 22.8 Å². The second-order valence-corrected chi connectivity index (χ2v) is 10.4. The molecule has 0 N–H and O–H groups in total. The van der Waals surface area contributed by atoms with Crippen LogP contribution < -0.4 is 4.90 Å². The van der Waals surface area contributed by atoms with E-state index in [1.165, 1.54) is 45.2 Å². The van der Waals surface area contributed by atoms with Crippen molar-refractivity contribution in [3.8, 4) is 0 Å². The van der Waals surface area contributed by atoms with Crippen LogP contribution in [0, 0.1) is 0 Å². The smallest absolute Gasteiger partial charge is 0.326 e. The van der Waals surface area contributed by atoms with Gasteiger partial charge in [-0.1, -0.05) is 12.1 Å². The van der Waals surface area contributed by atoms with E-state index >= 15 is 0 Å². The maximum Gasteiger partial charge on any atom is 0.326 e. The van der Waals surface area contributed by atoms with Gasteiger partial charge in [0.2, 0.25) is 15.9 Å². The number of thioether (sulfide) groups is 1. The minimum atomic E-state index is -3.56. The van der Waals surface area contributed by atoms with Crippen molar-refractivity contribution in [2.75, 3.05) is 36.9 Å². The Hall–Kier alpha value is -2.69. The predicted octanol–water partition coefficient (Wildman–Crippen LogP) is 2.34. The zero-order valence-corrected chi connectivity index (χ0v) is 18.9. The molecular formula is C22H22N2O6S2. The molecule has 0 aromatic heterocycles. The first-order valence-corrected chi connectivity index (χ1v) is 12.6. The zero-order chi connectivity index (χ0) is 22.7. The lowest BCUT2D eigenvalue weighted by Gasteiger charge is -2.27. The molecule has 0 atom stereocenters. The molecule has 0 bridgehead atoms. The molecule has 1 saturated heterocycles. The van der Waals surface area contributed by atoms with E-state index in [0.29, 0.717) is 18.8 Å². The van der Waals surface area contributed by atoms with Crippen LogP contribution in [0.1, 0.15) is 23.2 Å². The number of ketones is 1. The van der Waals surface area contributed by atoms with Gasteiger partial charge < -0.3 is 4.74 Å². The summed E-state index contributed by atoms with van der Waals surface area (Å²) in [7, 11) is -3.56. The third-order valence-electron chi connectivity index (χ3n) is 5.34. The molecule has 10 heteroatoms. The number of fused-ring (bicyclic) bond motifs is 1. The predicted molar refractivity (Wildman–Crippen MR) is 119 cm³/mol. The van der Waals surface area contributed by atoms with Crippen LogP contribution in [0.3, 0.4) is 0 Å². The highest BCUT2D eigenvalue weighted by molar-refractivity contribution is 8.00. The lowest BCUT2D eigenvalue weighted by Crippen LogP contribution is -2.40. The molecule has 0 spiro atoms. The highest BCUT2D eigenvalue weighted by atomic mass is 32.2. The number of carbonyl (C=O) groups excluding carboxylic acids is 3. The summed E-state index contributed by atoms with van der Waals surface area (Å²) in [5.41, 5.74) is 0.890. The number of rotatable bonds is 7. The third kappa shape index (κ3) is 4.72. The van der Waals surface area contributed by atoms with Gasteiger partial charge in [0.05, 0.1) is 16.3 Å². The molecule has 1 amide bonds. The monoisotopic (exact) mass is 474 g/mol. The average Bonchev–Trinajstić information content (AvgIpc) is 3.35. The number of hydrogen-bond acceptors (Lipinski definition) is 7. The van der Waals surface area contributed by atoms with Crippen molar-refractivity contribution in [1.82, 2.24) is 4.31 Å². The van der Waals surface area contributed by atoms with E-state index in [1.54, 1.807) is 12.1 Å². The van der Waals surface area contributed by atoms with E-state index in [0.717, 1.165) is 17.7 Å². The fourth-order valence-electron chi connectivity index (χ4n) is 3.62. The summed E-state index contributed by atoms with van der Waals surface area (Å²) in [6.07, 6.45) is 1.68. The van der Waals surface area contributed by atoms with Gasteiger partial charge in [0.1, 0.15) is 6.54 Å². The number of anilines is 1. The van der Waals surface area contributed by atoms with Gasteiger partial charge in [-0.15, -0.1) is 11.8 Å². The van der Waals surface area contributed by atoms with Crippen molar-refractivity contribution in [1.29, 1.82) is 0 Å². The molecule has 0 saturated carbocycles. The number of para-hydroxylation sites is 1. The molecule has 2 aromatic carbocycles. The molecule has 2 aromatic rings. The molecule has 4 rings (SSSR count). The molecule has 2 aliphatic rings. The molecule has 0 unspecified atom stereocenters. The van der Waals surface area contributed by atoms with E-state index < -0.39 is 28.4 Å². The summed E-state index contributed by atoms with van der Waals surface area (Å²) in [5, 5.41) is 0. The molecule has 2 aliphatic heterocycles. The number of esters is 1. The lowest BCUT2D eigenvalue weighted by atomic mass is 10.1. The van der Waals surface area contributed by atoms with Crippen molar-refractivity contribution >= 4 is 45.1 Å². The average molecular weight is 475 g/mol. The van der Waals surface area contributed by atoms with Crippen LogP contribution in [-0.4, -0.2) is 62.4 Å². The van der Waals surface area contributed by atoms with Gasteiger partial charge >= 0.3 is 5.97 Å². The van der Waals surface area contributed by atoms with Crippen LogP contribution in [0.4, 0.5) is 5.69 Å². The molecule has 0 radical (unpaired) electrons. The van der Waals surface area contributed by atoms with Crippen molar-refractivity contribution in [3.05, 3.63) is 54.1 Å². The highest BCUT2D eigenvalue weighted by Gasteiger charge is 2.28. The summed E-state index contributed by atoms with van der Waals surface area (Å²) >= 11 is 1.41. The number of carbonyl (C=O) groups is 3. The Labute approximate surface area is 190 Å². The topological polar surface area (TPSA) is 101 Å². The second kappa shape index (κ2) is 9.43. The number of hydrogen-bond donors (Lipinski definition) is 0. The first kappa shape index (κ1) is 22.5. The van der Waals surface area contributed by atoms with Gasteiger partial charge in [-0.2, -0.15) is 4.31 Å². The van der Waals surface area contributed by atoms with E-state index in [4.69, 9.17) is 4.74 Å². The van der Waals surface area contributed by atoms with Crippen molar-refractivity contribution in [2.24, 2.45) is 0 Å². The van der Waals surface area contributed by atoms with Crippen molar-refractivity contribution < 1.29 is 27.5 Å². The second-order valence-electron chi connectivity index (χ2n) is 7.46. The van der Waals surface area contributed by atoms with Crippen LogP contribution in [-0.2, 0) is 24.3 Å². The molecule has 8 nitrogen and oxygen atoms in total. The van der Waals surface area contributed by atoms with Gasteiger partial charge in [0.15, 0.2) is 12.4 Å². The molecule has 168 valence electrons. The largest absolute Gasteiger partial charge is 0.456 e. The standard InChI is InChI=1S/C22H22N2O6S2/c25-19(16-7-9-17(10-8-16)32(28,29)23-11-3-4-12-23)14-30-22(27)13-24-18-5-1-2-6-20(18)31-15-21(24)26/h1-2,5-10H,3-4,11-15H2. The first-order chi connectivity index (χ1) is 15.4. The maximum atomic E-state index is 12.6. The van der Waals surface area contributed by atoms with Crippen LogP contribution in [0.15, 0.2) is 58.3 Å². The Bertz CT molecular complexity index is 1140. The number of sulfonamides is 1. The normalized spacial score (nSPS) is 16.6. The van der Waals surface area contributed by atoms with Crippen LogP contribution in [0.2, 0.25) is 0 Å². The minimum absolute atomic E-state index is 0.132. The summed E-state index contributed by atoms with van der Waals surface area (Å²) in [6.45, 7) is 0.232. The quantitative estimate of drug-likeness (QED) is 0.448. The van der Waals surface area contributed by atoms with Gasteiger partial charge in [-0.05, 0) is 49.2 Å². The fraction of sp³-hybridized carbons (Fsp3) is 0.318. The van der Waals surface area contributed by atoms with E-state index in [-0.39, 0.29) is 28.7 Å². The molecule has 0 aliphatic carbocycles. The lowest BCUT2D eigenvalue weighted by molar-refractivity contribution is -0.141. The number of Topliss-reactive ketones (excluding diaryl/α,β-unsaturated/α-hetero) is 1. The molecule has 32 heavy (non-hydrogen) atoms. The number of nitrogens with zero attached hydrogens (tertiary/aromatic N) is 2. The van der Waals surface area contributed by atoms with Gasteiger partial charge in [0.25, 0.3) is 0 Å². The molecule has 2 heterocycles. The summed E-state index contributed by atoms with van der Waals surface area (Å²) in [5.74, 6) is -1.12. The van der Waals surface area contributed by atoms with Crippen molar-refractivity contribution in [2.45, 2.75) is 22.6 Å². The van der Waals surface area contributed by atoms with Crippen LogP contribution in [0.25, 0.3) is 0 Å². The third-order valence-corrected chi connectivity index (χ3v) is 8.30. The number of amides is 1. The summed E-state index contributed by atoms with van der Waals surface area (Å²) < 4.78 is 31.7. The minimum Gasteiger partial charge on any atom is -0.456 e. The Morgan fingerprint density at radius 1 is 1.00 bits per heavy atom. The van der Waals surface area contributed by atoms with Crippen molar-refractivity contribution in [3.63, 3.8) is 0 Å². The fourth-order valence-corrected chi connectivity index (χ4v) is 6.07. The SMILES string of the molecule is O=C(CN1C(=O)CSc2ccccc21)OCC(=O)c1ccc(S(=O)(=O)N2CCCC2)cc1. The Kier molecular flexibility index (Phi) is 6.63. The van der Waals surface area contributed by atoms with Crippen LogP contribution >= 0.6 is 11.8 Å². The Balaban J connectivity index is 1.35. The van der Waals surface area contributed by atoms with Gasteiger partial charge in [-0.25, -0.2) is 8.42 Å². The Morgan fingerprint density at radius 2 is 1.69 bits per heavy atom. The van der Waals surface area contributed by atoms with E-state index in [2.05, 4.69) is 0 Å². The highest BCUT2D eigenvalue weighted by Crippen LogP contribution is 2.34. The van der Waals surface area contributed by atoms with Crippen LogP contribution in [0.5, 0.6) is 0 Å². The summed E-state index contributed by atoms with van der Waals surface area (Å²) in [4.78, 5) is 39.3. The maximum absolute atomic E-state index is 12.6. The molecular weight excluding hydrogens is 452 g/mol. The first-order valence-electron chi connectivity index (χ1n) is 10.2. The summed E-state index contributed by atoms with van der Waals surface area (Å²) in [6, 6.07) is 12.9.